The van der Waals surface area contributed by atoms with Crippen LogP contribution in [0, 0.1) is 11.6 Å². The van der Waals surface area contributed by atoms with E-state index in [9.17, 15) is 8.78 Å². The van der Waals surface area contributed by atoms with E-state index in [-0.39, 0.29) is 6.04 Å². The van der Waals surface area contributed by atoms with E-state index in [2.05, 4.69) is 27.1 Å². The maximum atomic E-state index is 14.3. The number of nitrogens with zero attached hydrogens (tertiary/aromatic N) is 5. The van der Waals surface area contributed by atoms with E-state index in [1.807, 2.05) is 31.0 Å². The molecule has 1 aromatic carbocycles. The van der Waals surface area contributed by atoms with Gasteiger partial charge < -0.3 is 10.2 Å². The van der Waals surface area contributed by atoms with Crippen LogP contribution in [0.2, 0.25) is 0 Å². The number of benzene rings is 1. The largest absolute Gasteiger partial charge is 0.357 e. The van der Waals surface area contributed by atoms with Gasteiger partial charge in [-0.1, -0.05) is 13.0 Å². The number of aromatic nitrogens is 2. The summed E-state index contributed by atoms with van der Waals surface area (Å²) < 4.78 is 29.5. The fraction of sp³-hybridized carbons (Fsp3) is 0.565. The molecule has 0 saturated carbocycles. The van der Waals surface area contributed by atoms with Crippen molar-refractivity contribution < 1.29 is 8.78 Å². The highest BCUT2D eigenvalue weighted by atomic mass is 19.1. The molecule has 2 aromatic rings. The zero-order chi connectivity index (χ0) is 22.2. The molecule has 1 N–H and O–H groups in total. The lowest BCUT2D eigenvalue weighted by atomic mass is 10.0. The zero-order valence-corrected chi connectivity index (χ0v) is 18.8. The van der Waals surface area contributed by atoms with Crippen LogP contribution in [0.1, 0.15) is 43.9 Å². The molecular weight excluding hydrogens is 398 g/mol. The third kappa shape index (κ3) is 6.26. The number of piperazine rings is 1. The van der Waals surface area contributed by atoms with Crippen molar-refractivity contribution in [1.82, 2.24) is 24.9 Å². The van der Waals surface area contributed by atoms with Crippen molar-refractivity contribution in [3.63, 3.8) is 0 Å². The van der Waals surface area contributed by atoms with Crippen molar-refractivity contribution in [2.75, 3.05) is 39.3 Å². The average molecular weight is 433 g/mol. The smallest absolute Gasteiger partial charge is 0.194 e. The van der Waals surface area contributed by atoms with Gasteiger partial charge in [-0.15, -0.1) is 0 Å². The highest BCUT2D eigenvalue weighted by Gasteiger charge is 2.27. The molecule has 1 aliphatic rings. The summed E-state index contributed by atoms with van der Waals surface area (Å²) in [7, 11) is 1.93. The number of aryl methyl sites for hydroxylation is 2. The predicted molar refractivity (Wildman–Crippen MR) is 120 cm³/mol. The maximum absolute atomic E-state index is 14.3. The van der Waals surface area contributed by atoms with Gasteiger partial charge in [-0.05, 0) is 37.8 Å². The lowest BCUT2D eigenvalue weighted by Crippen LogP contribution is -2.53. The fourth-order valence-electron chi connectivity index (χ4n) is 4.19. The van der Waals surface area contributed by atoms with Crippen molar-refractivity contribution in [1.29, 1.82) is 0 Å². The molecule has 0 spiro atoms. The van der Waals surface area contributed by atoms with Gasteiger partial charge in [-0.25, -0.2) is 8.78 Å². The minimum atomic E-state index is -0.532. The van der Waals surface area contributed by atoms with E-state index < -0.39 is 11.6 Å². The van der Waals surface area contributed by atoms with Crippen LogP contribution in [0.25, 0.3) is 0 Å². The number of halogens is 2. The Morgan fingerprint density at radius 3 is 2.58 bits per heavy atom. The molecule has 0 amide bonds. The van der Waals surface area contributed by atoms with E-state index >= 15 is 0 Å². The van der Waals surface area contributed by atoms with Crippen LogP contribution < -0.4 is 5.32 Å². The first-order valence-electron chi connectivity index (χ1n) is 11.2. The zero-order valence-electron chi connectivity index (χ0n) is 18.8. The van der Waals surface area contributed by atoms with Gasteiger partial charge in [0, 0.05) is 70.2 Å². The molecule has 1 atom stereocenters. The van der Waals surface area contributed by atoms with E-state index in [1.54, 1.807) is 6.07 Å². The van der Waals surface area contributed by atoms with Gasteiger partial charge in [0.25, 0.3) is 0 Å². The highest BCUT2D eigenvalue weighted by molar-refractivity contribution is 5.80. The summed E-state index contributed by atoms with van der Waals surface area (Å²) in [5, 5.41) is 7.61. The lowest BCUT2D eigenvalue weighted by molar-refractivity contribution is 0.124. The average Bonchev–Trinajstić information content (AvgIpc) is 3.18. The summed E-state index contributed by atoms with van der Waals surface area (Å²) in [4.78, 5) is 9.38. The molecule has 6 nitrogen and oxygen atoms in total. The van der Waals surface area contributed by atoms with E-state index in [0.717, 1.165) is 70.6 Å². The number of aliphatic imine (C=N–C) groups is 1. The second-order valence-corrected chi connectivity index (χ2v) is 7.97. The summed E-state index contributed by atoms with van der Waals surface area (Å²) in [6, 6.07) is 3.87. The molecule has 170 valence electrons. The standard InChI is InChI=1S/C23H34F2N6/c1-4-22(20-9-8-19(24)15-21(20)25)30-11-13-31(14-12-30)23(26-5-2)27-10-6-7-18-16-28-29(3)17-18/h8-9,15-17,22H,4-7,10-14H2,1-3H3,(H,26,27). The van der Waals surface area contributed by atoms with Crippen LogP contribution >= 0.6 is 0 Å². The van der Waals surface area contributed by atoms with Crippen LogP contribution in [-0.2, 0) is 13.5 Å². The SMILES string of the molecule is CCNC(=NCCCc1cnn(C)c1)N1CCN(C(CC)c2ccc(F)cc2F)CC1. The second-order valence-electron chi connectivity index (χ2n) is 7.97. The Morgan fingerprint density at radius 1 is 1.19 bits per heavy atom. The van der Waals surface area contributed by atoms with Crippen LogP contribution in [0.5, 0.6) is 0 Å². The number of hydrogen-bond acceptors (Lipinski definition) is 3. The van der Waals surface area contributed by atoms with Crippen molar-refractivity contribution in [2.45, 2.75) is 39.2 Å². The van der Waals surface area contributed by atoms with Gasteiger partial charge in [-0.3, -0.25) is 14.6 Å². The third-order valence-corrected chi connectivity index (χ3v) is 5.74. The first-order chi connectivity index (χ1) is 15.0. The Hall–Kier alpha value is -2.48. The molecule has 1 unspecified atom stereocenters. The summed E-state index contributed by atoms with van der Waals surface area (Å²) in [6.07, 6.45) is 6.67. The summed E-state index contributed by atoms with van der Waals surface area (Å²) in [5.41, 5.74) is 1.81. The van der Waals surface area contributed by atoms with Gasteiger partial charge in [0.1, 0.15) is 11.6 Å². The van der Waals surface area contributed by atoms with Gasteiger partial charge in [0.05, 0.1) is 6.20 Å². The van der Waals surface area contributed by atoms with Crippen LogP contribution in [-0.4, -0.2) is 64.8 Å². The van der Waals surface area contributed by atoms with Crippen molar-refractivity contribution in [3.8, 4) is 0 Å². The van der Waals surface area contributed by atoms with Crippen LogP contribution in [0.15, 0.2) is 35.6 Å². The molecule has 1 saturated heterocycles. The molecule has 31 heavy (non-hydrogen) atoms. The van der Waals surface area contributed by atoms with Crippen LogP contribution in [0.3, 0.4) is 0 Å². The Balaban J connectivity index is 1.55. The Morgan fingerprint density at radius 2 is 1.97 bits per heavy atom. The molecule has 1 aromatic heterocycles. The second kappa shape index (κ2) is 11.2. The van der Waals surface area contributed by atoms with E-state index in [0.29, 0.717) is 5.56 Å². The number of guanidine groups is 1. The van der Waals surface area contributed by atoms with Gasteiger partial charge in [0.15, 0.2) is 5.96 Å². The molecule has 1 aliphatic heterocycles. The minimum Gasteiger partial charge on any atom is -0.357 e. The highest BCUT2D eigenvalue weighted by Crippen LogP contribution is 2.28. The van der Waals surface area contributed by atoms with E-state index in [4.69, 9.17) is 4.99 Å². The molecular formula is C23H34F2N6. The normalized spacial score (nSPS) is 16.5. The van der Waals surface area contributed by atoms with Crippen molar-refractivity contribution in [3.05, 3.63) is 53.4 Å². The summed E-state index contributed by atoms with van der Waals surface area (Å²) in [6.45, 7) is 8.99. The minimum absolute atomic E-state index is 0.0400. The molecule has 0 bridgehead atoms. The quantitative estimate of drug-likeness (QED) is 0.395. The Labute approximate surface area is 183 Å². The van der Waals surface area contributed by atoms with Gasteiger partial charge in [0.2, 0.25) is 0 Å². The topological polar surface area (TPSA) is 48.7 Å². The lowest BCUT2D eigenvalue weighted by Gasteiger charge is -2.40. The predicted octanol–water partition coefficient (Wildman–Crippen LogP) is 3.37. The van der Waals surface area contributed by atoms with E-state index in [1.165, 1.54) is 11.6 Å². The first-order valence-corrected chi connectivity index (χ1v) is 11.2. The number of rotatable bonds is 8. The summed E-state index contributed by atoms with van der Waals surface area (Å²) in [5.74, 6) is -0.0527. The Kier molecular flexibility index (Phi) is 8.40. The molecule has 3 rings (SSSR count). The molecule has 1 fully saturated rings. The monoisotopic (exact) mass is 432 g/mol. The molecule has 8 heteroatoms. The fourth-order valence-corrected chi connectivity index (χ4v) is 4.19. The van der Waals surface area contributed by atoms with Crippen molar-refractivity contribution in [2.24, 2.45) is 12.0 Å². The maximum Gasteiger partial charge on any atom is 0.194 e. The Bertz CT molecular complexity index is 858. The van der Waals surface area contributed by atoms with Crippen LogP contribution in [0.4, 0.5) is 8.78 Å². The first kappa shape index (κ1) is 23.2. The number of nitrogens with one attached hydrogen (secondary N) is 1. The van der Waals surface area contributed by atoms with Crippen molar-refractivity contribution >= 4 is 5.96 Å². The number of hydrogen-bond donors (Lipinski definition) is 1. The third-order valence-electron chi connectivity index (χ3n) is 5.74. The van der Waals surface area contributed by atoms with Gasteiger partial charge >= 0.3 is 0 Å². The molecule has 0 radical (unpaired) electrons. The summed E-state index contributed by atoms with van der Waals surface area (Å²) >= 11 is 0. The van der Waals surface area contributed by atoms with Gasteiger partial charge in [-0.2, -0.15) is 5.10 Å². The molecule has 2 heterocycles. The molecule has 0 aliphatic carbocycles.